The van der Waals surface area contributed by atoms with Crippen molar-refractivity contribution in [2.24, 2.45) is 0 Å². The zero-order valence-electron chi connectivity index (χ0n) is 14.8. The summed E-state index contributed by atoms with van der Waals surface area (Å²) in [5.74, 6) is 2.24. The van der Waals surface area contributed by atoms with Crippen LogP contribution in [0.2, 0.25) is 0 Å². The van der Waals surface area contributed by atoms with Gasteiger partial charge in [0, 0.05) is 35.8 Å². The van der Waals surface area contributed by atoms with Crippen LogP contribution in [0.4, 0.5) is 4.39 Å². The van der Waals surface area contributed by atoms with Crippen molar-refractivity contribution in [3.05, 3.63) is 65.5 Å². The van der Waals surface area contributed by atoms with Crippen LogP contribution in [0.5, 0.6) is 11.5 Å². The number of thioether (sulfide) groups is 1. The lowest BCUT2D eigenvalue weighted by molar-refractivity contribution is -0.116. The van der Waals surface area contributed by atoms with Crippen LogP contribution in [0.3, 0.4) is 0 Å². The molecule has 138 valence electrons. The molecule has 0 spiro atoms. The lowest BCUT2D eigenvalue weighted by atomic mass is 10.1. The first-order valence-corrected chi connectivity index (χ1v) is 9.28. The van der Waals surface area contributed by atoms with Crippen LogP contribution < -0.4 is 14.8 Å². The average molecular weight is 375 g/mol. The number of hydrogen-bond acceptors (Lipinski definition) is 4. The first kappa shape index (κ1) is 19.8. The number of carbonyl (C=O) groups excluding carboxylic acids is 1. The average Bonchev–Trinajstić information content (AvgIpc) is 2.67. The Labute approximate surface area is 157 Å². The Kier molecular flexibility index (Phi) is 8.02. The molecule has 0 unspecified atom stereocenters. The molecule has 0 saturated carbocycles. The number of hydrogen-bond donors (Lipinski definition) is 1. The summed E-state index contributed by atoms with van der Waals surface area (Å²) in [7, 11) is 3.15. The van der Waals surface area contributed by atoms with Gasteiger partial charge in [-0.2, -0.15) is 11.8 Å². The second-order valence-corrected chi connectivity index (χ2v) is 6.48. The first-order valence-electron chi connectivity index (χ1n) is 8.13. The van der Waals surface area contributed by atoms with Gasteiger partial charge < -0.3 is 14.8 Å². The monoisotopic (exact) mass is 375 g/mol. The molecular formula is C20H22FNO3S. The standard InChI is InChI=1S/C20H22FNO3S/c1-24-17-9-7-15(19(13-17)25-2)8-10-20(23)22-11-12-26-14-16-5-3-4-6-18(16)21/h3-10,13H,11-12,14H2,1-2H3,(H,22,23)/b10-8+. The van der Waals surface area contributed by atoms with Crippen molar-refractivity contribution in [2.75, 3.05) is 26.5 Å². The van der Waals surface area contributed by atoms with E-state index in [-0.39, 0.29) is 11.7 Å². The summed E-state index contributed by atoms with van der Waals surface area (Å²) >= 11 is 1.57. The molecule has 2 rings (SSSR count). The molecule has 1 amide bonds. The molecule has 0 aromatic heterocycles. The summed E-state index contributed by atoms with van der Waals surface area (Å²) in [6.45, 7) is 0.516. The van der Waals surface area contributed by atoms with Crippen LogP contribution in [-0.4, -0.2) is 32.4 Å². The van der Waals surface area contributed by atoms with Crippen molar-refractivity contribution in [2.45, 2.75) is 5.75 Å². The summed E-state index contributed by atoms with van der Waals surface area (Å²) in [5.41, 5.74) is 1.47. The summed E-state index contributed by atoms with van der Waals surface area (Å²) in [6.07, 6.45) is 3.16. The normalized spacial score (nSPS) is 10.7. The Balaban J connectivity index is 1.75. The molecule has 6 heteroatoms. The largest absolute Gasteiger partial charge is 0.497 e. The summed E-state index contributed by atoms with van der Waals surface area (Å²) in [4.78, 5) is 11.9. The fraction of sp³-hybridized carbons (Fsp3) is 0.250. The third-order valence-electron chi connectivity index (χ3n) is 3.62. The molecule has 0 aliphatic rings. The molecular weight excluding hydrogens is 353 g/mol. The fourth-order valence-electron chi connectivity index (χ4n) is 2.22. The minimum Gasteiger partial charge on any atom is -0.497 e. The van der Waals surface area contributed by atoms with Crippen LogP contribution >= 0.6 is 11.8 Å². The van der Waals surface area contributed by atoms with Crippen molar-refractivity contribution in [1.29, 1.82) is 0 Å². The Bertz CT molecular complexity index is 764. The van der Waals surface area contributed by atoms with E-state index in [9.17, 15) is 9.18 Å². The number of ether oxygens (including phenoxy) is 2. The Morgan fingerprint density at radius 1 is 1.19 bits per heavy atom. The Hall–Kier alpha value is -2.47. The predicted octanol–water partition coefficient (Wildman–Crippen LogP) is 3.91. The van der Waals surface area contributed by atoms with Gasteiger partial charge in [-0.1, -0.05) is 18.2 Å². The van der Waals surface area contributed by atoms with Crippen LogP contribution in [0.25, 0.3) is 6.08 Å². The number of nitrogens with one attached hydrogen (secondary N) is 1. The molecule has 2 aromatic carbocycles. The SMILES string of the molecule is COc1ccc(/C=C/C(=O)NCCSCc2ccccc2F)c(OC)c1. The third kappa shape index (κ3) is 6.11. The van der Waals surface area contributed by atoms with Gasteiger partial charge in [-0.25, -0.2) is 4.39 Å². The number of halogens is 1. The highest BCUT2D eigenvalue weighted by atomic mass is 32.2. The first-order chi connectivity index (χ1) is 12.6. The topological polar surface area (TPSA) is 47.6 Å². The summed E-state index contributed by atoms with van der Waals surface area (Å²) < 4.78 is 23.9. The number of amides is 1. The molecule has 0 radical (unpaired) electrons. The smallest absolute Gasteiger partial charge is 0.244 e. The van der Waals surface area contributed by atoms with Gasteiger partial charge in [-0.3, -0.25) is 4.79 Å². The number of rotatable bonds is 9. The minimum atomic E-state index is -0.194. The maximum atomic E-state index is 13.5. The van der Waals surface area contributed by atoms with Crippen LogP contribution in [-0.2, 0) is 10.5 Å². The van der Waals surface area contributed by atoms with Gasteiger partial charge in [0.25, 0.3) is 0 Å². The lowest BCUT2D eigenvalue weighted by Crippen LogP contribution is -2.23. The van der Waals surface area contributed by atoms with E-state index in [4.69, 9.17) is 9.47 Å². The molecule has 0 aliphatic carbocycles. The van der Waals surface area contributed by atoms with Gasteiger partial charge in [0.2, 0.25) is 5.91 Å². The van der Waals surface area contributed by atoms with E-state index in [1.165, 1.54) is 12.1 Å². The molecule has 0 heterocycles. The quantitative estimate of drug-likeness (QED) is 0.533. The maximum Gasteiger partial charge on any atom is 0.244 e. The number of benzene rings is 2. The molecule has 0 saturated heterocycles. The third-order valence-corrected chi connectivity index (χ3v) is 4.62. The molecule has 4 nitrogen and oxygen atoms in total. The van der Waals surface area contributed by atoms with E-state index < -0.39 is 0 Å². The fourth-order valence-corrected chi connectivity index (χ4v) is 3.07. The van der Waals surface area contributed by atoms with Gasteiger partial charge >= 0.3 is 0 Å². The Morgan fingerprint density at radius 2 is 2.00 bits per heavy atom. The molecule has 0 aliphatic heterocycles. The van der Waals surface area contributed by atoms with Gasteiger partial charge in [0.1, 0.15) is 17.3 Å². The van der Waals surface area contributed by atoms with Crippen molar-refractivity contribution < 1.29 is 18.7 Å². The Morgan fingerprint density at radius 3 is 2.73 bits per heavy atom. The van der Waals surface area contributed by atoms with Gasteiger partial charge in [-0.15, -0.1) is 0 Å². The van der Waals surface area contributed by atoms with Gasteiger partial charge in [-0.05, 0) is 29.8 Å². The number of methoxy groups -OCH3 is 2. The molecule has 0 bridgehead atoms. The van der Waals surface area contributed by atoms with Crippen molar-refractivity contribution in [3.63, 3.8) is 0 Å². The van der Waals surface area contributed by atoms with E-state index in [0.29, 0.717) is 35.1 Å². The maximum absolute atomic E-state index is 13.5. The molecule has 0 atom stereocenters. The zero-order valence-corrected chi connectivity index (χ0v) is 15.6. The van der Waals surface area contributed by atoms with Crippen molar-refractivity contribution >= 4 is 23.7 Å². The second-order valence-electron chi connectivity index (χ2n) is 5.38. The van der Waals surface area contributed by atoms with Crippen molar-refractivity contribution in [1.82, 2.24) is 5.32 Å². The molecule has 2 aromatic rings. The van der Waals surface area contributed by atoms with Gasteiger partial charge in [0.15, 0.2) is 0 Å². The number of carbonyl (C=O) groups is 1. The van der Waals surface area contributed by atoms with E-state index in [0.717, 1.165) is 5.56 Å². The zero-order chi connectivity index (χ0) is 18.8. The van der Waals surface area contributed by atoms with Crippen molar-refractivity contribution in [3.8, 4) is 11.5 Å². The lowest BCUT2D eigenvalue weighted by Gasteiger charge is -2.07. The molecule has 26 heavy (non-hydrogen) atoms. The van der Waals surface area contributed by atoms with E-state index >= 15 is 0 Å². The van der Waals surface area contributed by atoms with E-state index in [1.807, 2.05) is 12.1 Å². The predicted molar refractivity (Wildman–Crippen MR) is 104 cm³/mol. The van der Waals surface area contributed by atoms with E-state index in [1.54, 1.807) is 56.3 Å². The minimum absolute atomic E-state index is 0.186. The van der Waals surface area contributed by atoms with Gasteiger partial charge in [0.05, 0.1) is 14.2 Å². The summed E-state index contributed by atoms with van der Waals surface area (Å²) in [6, 6.07) is 12.1. The highest BCUT2D eigenvalue weighted by molar-refractivity contribution is 7.98. The highest BCUT2D eigenvalue weighted by Gasteiger charge is 2.04. The van der Waals surface area contributed by atoms with E-state index in [2.05, 4.69) is 5.32 Å². The molecule has 1 N–H and O–H groups in total. The summed E-state index contributed by atoms with van der Waals surface area (Å²) in [5, 5.41) is 2.81. The highest BCUT2D eigenvalue weighted by Crippen LogP contribution is 2.25. The van der Waals surface area contributed by atoms with Crippen LogP contribution in [0, 0.1) is 5.82 Å². The van der Waals surface area contributed by atoms with Crippen LogP contribution in [0.1, 0.15) is 11.1 Å². The molecule has 0 fully saturated rings. The second kappa shape index (κ2) is 10.5. The van der Waals surface area contributed by atoms with Crippen LogP contribution in [0.15, 0.2) is 48.5 Å².